The molecule has 19 heavy (non-hydrogen) atoms. The molecule has 1 aromatic rings. The second-order valence-electron chi connectivity index (χ2n) is 5.00. The number of rotatable bonds is 2. The van der Waals surface area contributed by atoms with Gasteiger partial charge in [-0.25, -0.2) is 4.98 Å². The fourth-order valence-electron chi connectivity index (χ4n) is 2.68. The van der Waals surface area contributed by atoms with Gasteiger partial charge in [0.25, 0.3) is 0 Å². The Morgan fingerprint density at radius 2 is 2.00 bits per heavy atom. The van der Waals surface area contributed by atoms with E-state index in [4.69, 9.17) is 5.73 Å². The normalized spacial score (nSPS) is 24.3. The van der Waals surface area contributed by atoms with Crippen LogP contribution in [0.5, 0.6) is 0 Å². The smallest absolute Gasteiger partial charge is 0.355 e. The van der Waals surface area contributed by atoms with Crippen molar-refractivity contribution in [1.82, 2.24) is 4.98 Å². The van der Waals surface area contributed by atoms with Gasteiger partial charge in [-0.15, -0.1) is 0 Å². The van der Waals surface area contributed by atoms with Crippen molar-refractivity contribution in [3.05, 3.63) is 23.9 Å². The molecule has 0 bridgehead atoms. The van der Waals surface area contributed by atoms with Crippen molar-refractivity contribution in [3.8, 4) is 0 Å². The Labute approximate surface area is 110 Å². The van der Waals surface area contributed by atoms with E-state index in [0.717, 1.165) is 31.7 Å². The van der Waals surface area contributed by atoms with Gasteiger partial charge in [0.05, 0.1) is 5.56 Å². The standard InChI is InChI=1S/C13H18F3N3/c1-19(11-7-3-2-6-10(11)17)12-9(13(14,15)16)5-4-8-18-12/h4-5,8,10-11H,2-3,6-7,17H2,1H3. The van der Waals surface area contributed by atoms with Crippen molar-refractivity contribution < 1.29 is 13.2 Å². The average molecular weight is 273 g/mol. The number of alkyl halides is 3. The van der Waals surface area contributed by atoms with E-state index in [9.17, 15) is 13.2 Å². The Morgan fingerprint density at radius 1 is 1.32 bits per heavy atom. The van der Waals surface area contributed by atoms with Crippen LogP contribution < -0.4 is 10.6 Å². The van der Waals surface area contributed by atoms with Gasteiger partial charge in [-0.3, -0.25) is 0 Å². The maximum atomic E-state index is 13.0. The minimum absolute atomic E-state index is 0.0302. The van der Waals surface area contributed by atoms with Crippen LogP contribution in [0.1, 0.15) is 31.2 Å². The third-order valence-corrected chi connectivity index (χ3v) is 3.71. The van der Waals surface area contributed by atoms with E-state index >= 15 is 0 Å². The van der Waals surface area contributed by atoms with Crippen molar-refractivity contribution >= 4 is 5.82 Å². The number of likely N-dealkylation sites (N-methyl/N-ethyl adjacent to an activating group) is 1. The number of hydrogen-bond acceptors (Lipinski definition) is 3. The van der Waals surface area contributed by atoms with Crippen LogP contribution in [0.2, 0.25) is 0 Å². The zero-order chi connectivity index (χ0) is 14.0. The number of nitrogens with zero attached hydrogens (tertiary/aromatic N) is 2. The molecule has 1 aliphatic rings. The molecule has 0 radical (unpaired) electrons. The Hall–Kier alpha value is -1.30. The maximum Gasteiger partial charge on any atom is 0.419 e. The summed E-state index contributed by atoms with van der Waals surface area (Å²) >= 11 is 0. The molecule has 0 saturated heterocycles. The number of halogens is 3. The summed E-state index contributed by atoms with van der Waals surface area (Å²) < 4.78 is 38.9. The predicted molar refractivity (Wildman–Crippen MR) is 67.9 cm³/mol. The lowest BCUT2D eigenvalue weighted by atomic mass is 9.90. The number of nitrogens with two attached hydrogens (primary N) is 1. The van der Waals surface area contributed by atoms with Crippen LogP contribution >= 0.6 is 0 Å². The number of hydrogen-bond donors (Lipinski definition) is 1. The van der Waals surface area contributed by atoms with Gasteiger partial charge in [0.1, 0.15) is 5.82 Å². The second kappa shape index (κ2) is 5.36. The lowest BCUT2D eigenvalue weighted by molar-refractivity contribution is -0.137. The van der Waals surface area contributed by atoms with E-state index in [1.807, 2.05) is 0 Å². The molecule has 2 atom stereocenters. The quantitative estimate of drug-likeness (QED) is 0.901. The first-order valence-electron chi connectivity index (χ1n) is 6.42. The molecule has 106 valence electrons. The molecule has 1 heterocycles. The number of aromatic nitrogens is 1. The fraction of sp³-hybridized carbons (Fsp3) is 0.615. The topological polar surface area (TPSA) is 42.2 Å². The molecule has 3 nitrogen and oxygen atoms in total. The number of pyridine rings is 1. The van der Waals surface area contributed by atoms with Gasteiger partial charge in [0.15, 0.2) is 0 Å². The first-order chi connectivity index (χ1) is 8.91. The summed E-state index contributed by atoms with van der Waals surface area (Å²) in [4.78, 5) is 5.50. The van der Waals surface area contributed by atoms with Gasteiger partial charge in [-0.05, 0) is 25.0 Å². The summed E-state index contributed by atoms with van der Waals surface area (Å²) in [6.07, 6.45) is 0.692. The van der Waals surface area contributed by atoms with Gasteiger partial charge in [0, 0.05) is 25.3 Å². The monoisotopic (exact) mass is 273 g/mol. The molecular formula is C13H18F3N3. The predicted octanol–water partition coefficient (Wildman–Crippen LogP) is 2.81. The van der Waals surface area contributed by atoms with Crippen molar-refractivity contribution in [2.45, 2.75) is 43.9 Å². The highest BCUT2D eigenvalue weighted by molar-refractivity contribution is 5.49. The highest BCUT2D eigenvalue weighted by atomic mass is 19.4. The maximum absolute atomic E-state index is 13.0. The largest absolute Gasteiger partial charge is 0.419 e. The zero-order valence-corrected chi connectivity index (χ0v) is 10.8. The van der Waals surface area contributed by atoms with E-state index in [0.29, 0.717) is 0 Å². The summed E-state index contributed by atoms with van der Waals surface area (Å²) in [7, 11) is 1.65. The molecule has 1 aromatic heterocycles. The molecule has 2 rings (SSSR count). The highest BCUT2D eigenvalue weighted by Gasteiger charge is 2.37. The van der Waals surface area contributed by atoms with Crippen LogP contribution in [0.25, 0.3) is 0 Å². The molecule has 2 N–H and O–H groups in total. The summed E-state index contributed by atoms with van der Waals surface area (Å²) in [5, 5.41) is 0. The van der Waals surface area contributed by atoms with E-state index in [-0.39, 0.29) is 17.9 Å². The zero-order valence-electron chi connectivity index (χ0n) is 10.8. The fourth-order valence-corrected chi connectivity index (χ4v) is 2.68. The molecular weight excluding hydrogens is 255 g/mol. The van der Waals surface area contributed by atoms with Crippen molar-refractivity contribution in [3.63, 3.8) is 0 Å². The van der Waals surface area contributed by atoms with Crippen LogP contribution in [0.3, 0.4) is 0 Å². The van der Waals surface area contributed by atoms with Crippen LogP contribution in [-0.4, -0.2) is 24.1 Å². The molecule has 0 amide bonds. The van der Waals surface area contributed by atoms with Crippen molar-refractivity contribution in [2.24, 2.45) is 5.73 Å². The summed E-state index contributed by atoms with van der Waals surface area (Å²) in [5.74, 6) is -0.0302. The first kappa shape index (κ1) is 14.1. The van der Waals surface area contributed by atoms with Crippen molar-refractivity contribution in [2.75, 3.05) is 11.9 Å². The molecule has 1 fully saturated rings. The third-order valence-electron chi connectivity index (χ3n) is 3.71. The SMILES string of the molecule is CN(c1ncccc1C(F)(F)F)C1CCCCC1N. The molecule has 0 spiro atoms. The third kappa shape index (κ3) is 3.00. The van der Waals surface area contributed by atoms with Gasteiger partial charge in [-0.1, -0.05) is 12.8 Å². The highest BCUT2D eigenvalue weighted by Crippen LogP contribution is 2.36. The average Bonchev–Trinajstić information content (AvgIpc) is 2.37. The summed E-state index contributed by atoms with van der Waals surface area (Å²) in [6.45, 7) is 0. The van der Waals surface area contributed by atoms with Crippen LogP contribution in [0.4, 0.5) is 19.0 Å². The molecule has 1 aliphatic carbocycles. The molecule has 0 aliphatic heterocycles. The molecule has 0 aromatic carbocycles. The van der Waals surface area contributed by atoms with Gasteiger partial charge in [-0.2, -0.15) is 13.2 Å². The van der Waals surface area contributed by atoms with Gasteiger partial charge in [0.2, 0.25) is 0 Å². The molecule has 6 heteroatoms. The molecule has 1 saturated carbocycles. The Kier molecular flexibility index (Phi) is 3.99. The lowest BCUT2D eigenvalue weighted by Crippen LogP contribution is -2.48. The second-order valence-corrected chi connectivity index (χ2v) is 5.00. The van der Waals surface area contributed by atoms with Gasteiger partial charge < -0.3 is 10.6 Å². The van der Waals surface area contributed by atoms with Crippen LogP contribution in [-0.2, 0) is 6.18 Å². The Morgan fingerprint density at radius 3 is 2.63 bits per heavy atom. The summed E-state index contributed by atoms with van der Waals surface area (Å²) in [5.41, 5.74) is 5.33. The van der Waals surface area contributed by atoms with E-state index in [1.165, 1.54) is 12.3 Å². The van der Waals surface area contributed by atoms with Crippen LogP contribution in [0.15, 0.2) is 18.3 Å². The minimum Gasteiger partial charge on any atom is -0.355 e. The minimum atomic E-state index is -4.39. The number of anilines is 1. The Bertz CT molecular complexity index is 433. The van der Waals surface area contributed by atoms with Crippen LogP contribution in [0, 0.1) is 0 Å². The van der Waals surface area contributed by atoms with E-state index in [1.54, 1.807) is 11.9 Å². The molecule has 2 unspecified atom stereocenters. The Balaban J connectivity index is 2.30. The summed E-state index contributed by atoms with van der Waals surface area (Å²) in [6, 6.07) is 2.19. The van der Waals surface area contributed by atoms with Crippen molar-refractivity contribution in [1.29, 1.82) is 0 Å². The lowest BCUT2D eigenvalue weighted by Gasteiger charge is -2.37. The van der Waals surface area contributed by atoms with Gasteiger partial charge >= 0.3 is 6.18 Å². The van der Waals surface area contributed by atoms with E-state index in [2.05, 4.69) is 4.98 Å². The first-order valence-corrected chi connectivity index (χ1v) is 6.42. The van der Waals surface area contributed by atoms with E-state index < -0.39 is 11.7 Å².